The Balaban J connectivity index is 2.81. The van der Waals surface area contributed by atoms with Crippen molar-refractivity contribution in [2.45, 2.75) is 25.8 Å². The predicted octanol–water partition coefficient (Wildman–Crippen LogP) is 4.57. The van der Waals surface area contributed by atoms with Crippen LogP contribution in [0, 0.1) is 0 Å². The molecule has 1 atom stereocenters. The molecule has 0 aliphatic carbocycles. The van der Waals surface area contributed by atoms with Crippen molar-refractivity contribution in [2.75, 3.05) is 0 Å². The first-order valence-electron chi connectivity index (χ1n) is 4.91. The molecule has 3 heteroatoms. The maximum atomic E-state index is 6.11. The van der Waals surface area contributed by atoms with Gasteiger partial charge in [-0.05, 0) is 36.6 Å². The van der Waals surface area contributed by atoms with Gasteiger partial charge in [0.2, 0.25) is 0 Å². The van der Waals surface area contributed by atoms with E-state index in [-0.39, 0.29) is 6.04 Å². The van der Waals surface area contributed by atoms with Crippen LogP contribution >= 0.6 is 31.9 Å². The van der Waals surface area contributed by atoms with Crippen LogP contribution in [-0.4, -0.2) is 0 Å². The molecule has 0 aromatic heterocycles. The van der Waals surface area contributed by atoms with E-state index in [1.165, 1.54) is 5.57 Å². The van der Waals surface area contributed by atoms with Gasteiger partial charge in [-0.3, -0.25) is 0 Å². The van der Waals surface area contributed by atoms with Crippen molar-refractivity contribution in [3.8, 4) is 0 Å². The van der Waals surface area contributed by atoms with Crippen LogP contribution < -0.4 is 5.73 Å². The number of hydrogen-bond donors (Lipinski definition) is 1. The summed E-state index contributed by atoms with van der Waals surface area (Å²) in [5.74, 6) is 0. The molecule has 1 nitrogen and oxygen atoms in total. The van der Waals surface area contributed by atoms with Crippen molar-refractivity contribution >= 4 is 31.9 Å². The van der Waals surface area contributed by atoms with E-state index in [1.54, 1.807) is 0 Å². The molecule has 1 rings (SSSR count). The molecule has 0 saturated carbocycles. The third kappa shape index (κ3) is 4.09. The Morgan fingerprint density at radius 3 is 2.33 bits per heavy atom. The van der Waals surface area contributed by atoms with Gasteiger partial charge in [0, 0.05) is 15.0 Å². The van der Waals surface area contributed by atoms with Gasteiger partial charge in [0.25, 0.3) is 0 Å². The quantitative estimate of drug-likeness (QED) is 0.803. The SMILES string of the molecule is C=C(CC)CC(N)c1cc(Br)cc(Br)c1. The second-order valence-electron chi connectivity index (χ2n) is 3.62. The molecule has 1 aromatic carbocycles. The molecule has 0 aliphatic rings. The minimum Gasteiger partial charge on any atom is -0.324 e. The molecule has 1 unspecified atom stereocenters. The lowest BCUT2D eigenvalue weighted by Crippen LogP contribution is -2.10. The van der Waals surface area contributed by atoms with Crippen molar-refractivity contribution in [1.82, 2.24) is 0 Å². The van der Waals surface area contributed by atoms with Crippen LogP contribution in [0.5, 0.6) is 0 Å². The predicted molar refractivity (Wildman–Crippen MR) is 72.8 cm³/mol. The van der Waals surface area contributed by atoms with Crippen LogP contribution in [0.3, 0.4) is 0 Å². The highest BCUT2D eigenvalue weighted by Crippen LogP contribution is 2.26. The Bertz CT molecular complexity index is 340. The number of rotatable bonds is 4. The standard InChI is InChI=1S/C12H15Br2N/c1-3-8(2)4-12(15)9-5-10(13)7-11(14)6-9/h5-7,12H,2-4,15H2,1H3. The topological polar surface area (TPSA) is 26.0 Å². The van der Waals surface area contributed by atoms with Gasteiger partial charge in [0.05, 0.1) is 0 Å². The molecule has 0 saturated heterocycles. The first-order chi connectivity index (χ1) is 7.02. The van der Waals surface area contributed by atoms with Gasteiger partial charge >= 0.3 is 0 Å². The van der Waals surface area contributed by atoms with Gasteiger partial charge < -0.3 is 5.73 Å². The summed E-state index contributed by atoms with van der Waals surface area (Å²) in [4.78, 5) is 0. The molecular weight excluding hydrogens is 318 g/mol. The van der Waals surface area contributed by atoms with E-state index in [0.29, 0.717) is 0 Å². The van der Waals surface area contributed by atoms with Gasteiger partial charge in [-0.2, -0.15) is 0 Å². The van der Waals surface area contributed by atoms with Gasteiger partial charge in [0.1, 0.15) is 0 Å². The molecule has 0 spiro atoms. The first-order valence-corrected chi connectivity index (χ1v) is 6.49. The number of halogens is 2. The fourth-order valence-corrected chi connectivity index (χ4v) is 2.69. The van der Waals surface area contributed by atoms with E-state index in [2.05, 4.69) is 57.5 Å². The first kappa shape index (κ1) is 12.9. The van der Waals surface area contributed by atoms with Crippen molar-refractivity contribution in [3.05, 3.63) is 44.9 Å². The van der Waals surface area contributed by atoms with Gasteiger partial charge in [-0.1, -0.05) is 50.9 Å². The van der Waals surface area contributed by atoms with E-state index in [4.69, 9.17) is 5.73 Å². The molecule has 0 bridgehead atoms. The largest absolute Gasteiger partial charge is 0.324 e. The lowest BCUT2D eigenvalue weighted by atomic mass is 9.99. The fourth-order valence-electron chi connectivity index (χ4n) is 1.36. The molecule has 0 heterocycles. The number of benzene rings is 1. The fraction of sp³-hybridized carbons (Fsp3) is 0.333. The summed E-state index contributed by atoms with van der Waals surface area (Å²) in [6.45, 7) is 6.08. The third-order valence-electron chi connectivity index (χ3n) is 2.32. The summed E-state index contributed by atoms with van der Waals surface area (Å²) in [6, 6.07) is 6.15. The maximum absolute atomic E-state index is 6.11. The Morgan fingerprint density at radius 2 is 1.87 bits per heavy atom. The molecule has 2 N–H and O–H groups in total. The van der Waals surface area contributed by atoms with Crippen LogP contribution in [0.2, 0.25) is 0 Å². The zero-order chi connectivity index (χ0) is 11.4. The summed E-state index contributed by atoms with van der Waals surface area (Å²) in [6.07, 6.45) is 1.84. The van der Waals surface area contributed by atoms with Crippen LogP contribution in [0.1, 0.15) is 31.4 Å². The summed E-state index contributed by atoms with van der Waals surface area (Å²) >= 11 is 6.91. The molecule has 0 aliphatic heterocycles. The van der Waals surface area contributed by atoms with Crippen LogP contribution in [-0.2, 0) is 0 Å². The van der Waals surface area contributed by atoms with E-state index < -0.39 is 0 Å². The van der Waals surface area contributed by atoms with Gasteiger partial charge in [-0.15, -0.1) is 0 Å². The molecule has 82 valence electrons. The highest BCUT2D eigenvalue weighted by atomic mass is 79.9. The van der Waals surface area contributed by atoms with Crippen molar-refractivity contribution in [1.29, 1.82) is 0 Å². The second kappa shape index (κ2) is 5.83. The lowest BCUT2D eigenvalue weighted by Gasteiger charge is -2.13. The van der Waals surface area contributed by atoms with Crippen molar-refractivity contribution in [3.63, 3.8) is 0 Å². The maximum Gasteiger partial charge on any atom is 0.0333 e. The average molecular weight is 333 g/mol. The number of nitrogens with two attached hydrogens (primary N) is 1. The van der Waals surface area contributed by atoms with Crippen LogP contribution in [0.25, 0.3) is 0 Å². The highest BCUT2D eigenvalue weighted by molar-refractivity contribution is 9.11. The van der Waals surface area contributed by atoms with Crippen LogP contribution in [0.15, 0.2) is 39.3 Å². The van der Waals surface area contributed by atoms with Crippen LogP contribution in [0.4, 0.5) is 0 Å². The Morgan fingerprint density at radius 1 is 1.33 bits per heavy atom. The minimum absolute atomic E-state index is 0.0336. The summed E-state index contributed by atoms with van der Waals surface area (Å²) in [5.41, 5.74) is 8.43. The monoisotopic (exact) mass is 331 g/mol. The van der Waals surface area contributed by atoms with E-state index in [1.807, 2.05) is 6.07 Å². The van der Waals surface area contributed by atoms with Gasteiger partial charge in [0.15, 0.2) is 0 Å². The number of hydrogen-bond acceptors (Lipinski definition) is 1. The minimum atomic E-state index is 0.0336. The Labute approximate surface area is 108 Å². The zero-order valence-corrected chi connectivity index (χ0v) is 11.9. The van der Waals surface area contributed by atoms with Crippen molar-refractivity contribution < 1.29 is 0 Å². The molecule has 0 fully saturated rings. The molecule has 0 amide bonds. The average Bonchev–Trinajstić information content (AvgIpc) is 2.16. The van der Waals surface area contributed by atoms with Crippen molar-refractivity contribution in [2.24, 2.45) is 5.73 Å². The van der Waals surface area contributed by atoms with E-state index in [0.717, 1.165) is 27.4 Å². The Hall–Kier alpha value is -0.120. The lowest BCUT2D eigenvalue weighted by molar-refractivity contribution is 0.700. The smallest absolute Gasteiger partial charge is 0.0333 e. The second-order valence-corrected chi connectivity index (χ2v) is 5.45. The summed E-state index contributed by atoms with van der Waals surface area (Å²) in [5, 5.41) is 0. The molecule has 1 aromatic rings. The Kier molecular flexibility index (Phi) is 5.03. The van der Waals surface area contributed by atoms with E-state index >= 15 is 0 Å². The van der Waals surface area contributed by atoms with Gasteiger partial charge in [-0.25, -0.2) is 0 Å². The van der Waals surface area contributed by atoms with E-state index in [9.17, 15) is 0 Å². The highest BCUT2D eigenvalue weighted by Gasteiger charge is 2.08. The summed E-state index contributed by atoms with van der Waals surface area (Å²) < 4.78 is 2.09. The summed E-state index contributed by atoms with van der Waals surface area (Å²) in [7, 11) is 0. The third-order valence-corrected chi connectivity index (χ3v) is 3.24. The molecule has 0 radical (unpaired) electrons. The molecule has 15 heavy (non-hydrogen) atoms. The normalized spacial score (nSPS) is 12.5. The molecular formula is C12H15Br2N. The zero-order valence-electron chi connectivity index (χ0n) is 8.76.